The minimum atomic E-state index is -4.41. The Labute approximate surface area is 196 Å². The fraction of sp³-hybridized carbons (Fsp3) is 0.269. The summed E-state index contributed by atoms with van der Waals surface area (Å²) in [5.74, 6) is 0.659. The predicted octanol–water partition coefficient (Wildman–Crippen LogP) is 6.15. The summed E-state index contributed by atoms with van der Waals surface area (Å²) in [4.78, 5) is 2.35. The minimum Gasteiger partial charge on any atom is -0.457 e. The molecule has 1 unspecified atom stereocenters. The van der Waals surface area contributed by atoms with E-state index in [2.05, 4.69) is 10.2 Å². The third-order valence-corrected chi connectivity index (χ3v) is 5.82. The van der Waals surface area contributed by atoms with Crippen LogP contribution in [0.1, 0.15) is 29.5 Å². The molecule has 1 saturated heterocycles. The van der Waals surface area contributed by atoms with Crippen molar-refractivity contribution in [3.8, 4) is 11.5 Å². The fourth-order valence-electron chi connectivity index (χ4n) is 4.18. The average molecular weight is 469 g/mol. The molecule has 0 aliphatic carbocycles. The average Bonchev–Trinajstić information content (AvgIpc) is 2.80. The minimum absolute atomic E-state index is 0.155. The summed E-state index contributed by atoms with van der Waals surface area (Å²) in [5, 5.41) is 11.0. The molecule has 0 radical (unpaired) electrons. The van der Waals surface area contributed by atoms with Gasteiger partial charge in [-0.05, 0) is 73.5 Å². The van der Waals surface area contributed by atoms with Gasteiger partial charge >= 0.3 is 6.18 Å². The molecular formula is C26H27F3N4O. The Morgan fingerprint density at radius 3 is 2.59 bits per heavy atom. The maximum absolute atomic E-state index is 13.0. The first-order chi connectivity index (χ1) is 16.3. The lowest BCUT2D eigenvalue weighted by Gasteiger charge is -2.33. The maximum Gasteiger partial charge on any atom is 0.416 e. The Bertz CT molecular complexity index is 1150. The molecule has 1 atom stereocenters. The second kappa shape index (κ2) is 10.2. The summed E-state index contributed by atoms with van der Waals surface area (Å²) in [6, 6.07) is 18.2. The van der Waals surface area contributed by atoms with Gasteiger partial charge in [0.15, 0.2) is 0 Å². The van der Waals surface area contributed by atoms with Crippen molar-refractivity contribution >= 4 is 17.6 Å². The Morgan fingerprint density at radius 1 is 1.06 bits per heavy atom. The maximum atomic E-state index is 13.0. The zero-order valence-electron chi connectivity index (χ0n) is 18.6. The SMILES string of the molecule is N=Cc1cc(NC2CCCN(Cc3cccc(Oc4cccc(C(F)(F)F)c4)c3)C2)ccc1N. The number of anilines is 2. The summed E-state index contributed by atoms with van der Waals surface area (Å²) in [6.45, 7) is 2.53. The molecule has 4 rings (SSSR count). The van der Waals surface area contributed by atoms with Crippen LogP contribution in [0.2, 0.25) is 0 Å². The van der Waals surface area contributed by atoms with Crippen LogP contribution in [0.3, 0.4) is 0 Å². The molecule has 0 aromatic heterocycles. The Hall–Kier alpha value is -3.52. The molecule has 8 heteroatoms. The largest absolute Gasteiger partial charge is 0.457 e. The quantitative estimate of drug-likeness (QED) is 0.287. The number of alkyl halides is 3. The highest BCUT2D eigenvalue weighted by atomic mass is 19.4. The van der Waals surface area contributed by atoms with Gasteiger partial charge in [0.05, 0.1) is 5.56 Å². The number of likely N-dealkylation sites (tertiary alicyclic amines) is 1. The standard InChI is InChI=1S/C26H27F3N4O/c27-26(28,29)20-5-2-8-24(14-20)34-23-7-1-4-18(12-23)16-33-11-3-6-22(17-33)32-21-9-10-25(31)19(13-21)15-30/h1-2,4-5,7-10,12-15,22,30,32H,3,6,11,16-17,31H2. The van der Waals surface area contributed by atoms with Gasteiger partial charge < -0.3 is 21.2 Å². The summed E-state index contributed by atoms with van der Waals surface area (Å²) in [6.07, 6.45) is -1.07. The Kier molecular flexibility index (Phi) is 7.07. The molecule has 1 aliphatic rings. The van der Waals surface area contributed by atoms with Crippen LogP contribution >= 0.6 is 0 Å². The lowest BCUT2D eigenvalue weighted by atomic mass is 10.0. The number of nitrogen functional groups attached to an aromatic ring is 1. The second-order valence-electron chi connectivity index (χ2n) is 8.48. The van der Waals surface area contributed by atoms with E-state index in [1.807, 2.05) is 30.3 Å². The molecule has 0 amide bonds. The van der Waals surface area contributed by atoms with Crippen molar-refractivity contribution < 1.29 is 17.9 Å². The highest BCUT2D eigenvalue weighted by Crippen LogP contribution is 2.33. The van der Waals surface area contributed by atoms with Gasteiger partial charge in [-0.25, -0.2) is 0 Å². The molecule has 0 spiro atoms. The molecule has 34 heavy (non-hydrogen) atoms. The van der Waals surface area contributed by atoms with Gasteiger partial charge in [-0.2, -0.15) is 13.2 Å². The molecule has 0 bridgehead atoms. The van der Waals surface area contributed by atoms with Crippen LogP contribution in [-0.2, 0) is 12.7 Å². The molecule has 178 valence electrons. The van der Waals surface area contributed by atoms with Crippen LogP contribution in [0, 0.1) is 5.41 Å². The highest BCUT2D eigenvalue weighted by Gasteiger charge is 2.30. The molecule has 3 aromatic carbocycles. The molecule has 1 aliphatic heterocycles. The zero-order chi connectivity index (χ0) is 24.1. The van der Waals surface area contributed by atoms with Gasteiger partial charge in [-0.15, -0.1) is 0 Å². The van der Waals surface area contributed by atoms with Gasteiger partial charge in [0.2, 0.25) is 0 Å². The van der Waals surface area contributed by atoms with Crippen LogP contribution in [0.4, 0.5) is 24.5 Å². The van der Waals surface area contributed by atoms with E-state index in [0.717, 1.165) is 49.3 Å². The normalized spacial score (nSPS) is 16.7. The van der Waals surface area contributed by atoms with Crippen molar-refractivity contribution in [2.24, 2.45) is 0 Å². The van der Waals surface area contributed by atoms with Crippen LogP contribution in [0.5, 0.6) is 11.5 Å². The van der Waals surface area contributed by atoms with Crippen LogP contribution in [0.15, 0.2) is 66.7 Å². The Balaban J connectivity index is 1.38. The number of nitrogens with two attached hydrogens (primary N) is 1. The van der Waals surface area contributed by atoms with Crippen LogP contribution in [0.25, 0.3) is 0 Å². The Morgan fingerprint density at radius 2 is 1.82 bits per heavy atom. The molecule has 5 nitrogen and oxygen atoms in total. The van der Waals surface area contributed by atoms with Crippen molar-refractivity contribution in [2.45, 2.75) is 31.6 Å². The smallest absolute Gasteiger partial charge is 0.416 e. The number of hydrogen-bond donors (Lipinski definition) is 3. The van der Waals surface area contributed by atoms with Gasteiger partial charge in [-0.1, -0.05) is 18.2 Å². The number of benzene rings is 3. The van der Waals surface area contributed by atoms with E-state index in [1.165, 1.54) is 18.3 Å². The zero-order valence-corrected chi connectivity index (χ0v) is 18.6. The van der Waals surface area contributed by atoms with Crippen molar-refractivity contribution in [1.29, 1.82) is 5.41 Å². The van der Waals surface area contributed by atoms with Crippen molar-refractivity contribution in [3.05, 3.63) is 83.4 Å². The first-order valence-corrected chi connectivity index (χ1v) is 11.1. The summed E-state index contributed by atoms with van der Waals surface area (Å²) in [7, 11) is 0. The first-order valence-electron chi connectivity index (χ1n) is 11.1. The summed E-state index contributed by atoms with van der Waals surface area (Å²) < 4.78 is 44.6. The van der Waals surface area contributed by atoms with Gasteiger partial charge in [0, 0.05) is 42.3 Å². The predicted molar refractivity (Wildman–Crippen MR) is 129 cm³/mol. The van der Waals surface area contributed by atoms with Crippen molar-refractivity contribution in [2.75, 3.05) is 24.1 Å². The number of halogens is 3. The van der Waals surface area contributed by atoms with E-state index in [4.69, 9.17) is 15.9 Å². The summed E-state index contributed by atoms with van der Waals surface area (Å²) >= 11 is 0. The molecule has 3 aromatic rings. The van der Waals surface area contributed by atoms with E-state index in [0.29, 0.717) is 23.5 Å². The van der Waals surface area contributed by atoms with E-state index in [-0.39, 0.29) is 11.8 Å². The van der Waals surface area contributed by atoms with Gasteiger partial charge in [0.1, 0.15) is 11.5 Å². The molecule has 1 heterocycles. The number of nitrogens with one attached hydrogen (secondary N) is 2. The number of nitrogens with zero attached hydrogens (tertiary/aromatic N) is 1. The molecular weight excluding hydrogens is 441 g/mol. The highest BCUT2D eigenvalue weighted by molar-refractivity contribution is 5.86. The fourth-order valence-corrected chi connectivity index (χ4v) is 4.18. The van der Waals surface area contributed by atoms with Crippen molar-refractivity contribution in [3.63, 3.8) is 0 Å². The van der Waals surface area contributed by atoms with E-state index in [9.17, 15) is 13.2 Å². The van der Waals surface area contributed by atoms with E-state index >= 15 is 0 Å². The molecule has 1 fully saturated rings. The number of hydrogen-bond acceptors (Lipinski definition) is 5. The van der Waals surface area contributed by atoms with Gasteiger partial charge in [-0.3, -0.25) is 4.90 Å². The first kappa shape index (κ1) is 23.6. The third kappa shape index (κ3) is 6.08. The van der Waals surface area contributed by atoms with E-state index in [1.54, 1.807) is 12.1 Å². The molecule has 0 saturated carbocycles. The second-order valence-corrected chi connectivity index (χ2v) is 8.48. The lowest BCUT2D eigenvalue weighted by Crippen LogP contribution is -2.41. The number of piperidine rings is 1. The molecule has 4 N–H and O–H groups in total. The summed E-state index contributed by atoms with van der Waals surface area (Å²) in [5.41, 5.74) is 8.39. The van der Waals surface area contributed by atoms with Crippen LogP contribution in [-0.4, -0.2) is 30.2 Å². The van der Waals surface area contributed by atoms with Gasteiger partial charge in [0.25, 0.3) is 0 Å². The monoisotopic (exact) mass is 468 g/mol. The van der Waals surface area contributed by atoms with Crippen LogP contribution < -0.4 is 15.8 Å². The number of rotatable bonds is 7. The van der Waals surface area contributed by atoms with E-state index < -0.39 is 11.7 Å². The van der Waals surface area contributed by atoms with Crippen molar-refractivity contribution in [1.82, 2.24) is 4.90 Å². The topological polar surface area (TPSA) is 74.4 Å². The number of ether oxygens (including phenoxy) is 1. The lowest BCUT2D eigenvalue weighted by molar-refractivity contribution is -0.137. The third-order valence-electron chi connectivity index (χ3n) is 5.82.